The molecule has 1 atom stereocenters. The van der Waals surface area contributed by atoms with Crippen molar-refractivity contribution in [2.75, 3.05) is 31.1 Å². The van der Waals surface area contributed by atoms with Crippen LogP contribution in [0.1, 0.15) is 50.1 Å². The van der Waals surface area contributed by atoms with Gasteiger partial charge in [-0.3, -0.25) is 9.69 Å². The van der Waals surface area contributed by atoms with Crippen molar-refractivity contribution in [2.24, 2.45) is 5.92 Å². The number of nitrogens with one attached hydrogen (secondary N) is 1. The Kier molecular flexibility index (Phi) is 7.08. The van der Waals surface area contributed by atoms with E-state index in [1.165, 1.54) is 30.7 Å². The average molecular weight is 478 g/mol. The summed E-state index contributed by atoms with van der Waals surface area (Å²) in [5, 5.41) is 7.22. The van der Waals surface area contributed by atoms with Gasteiger partial charge in [0.2, 0.25) is 17.6 Å². The zero-order valence-electron chi connectivity index (χ0n) is 20.1. The third-order valence-corrected chi connectivity index (χ3v) is 7.11. The third-order valence-electron chi connectivity index (χ3n) is 7.11. The largest absolute Gasteiger partial charge is 0.372 e. The van der Waals surface area contributed by atoms with E-state index in [4.69, 9.17) is 4.52 Å². The van der Waals surface area contributed by atoms with E-state index in [1.54, 1.807) is 12.1 Å². The maximum absolute atomic E-state index is 13.1. The minimum Gasteiger partial charge on any atom is -0.372 e. The number of aromatic nitrogens is 2. The number of anilines is 1. The van der Waals surface area contributed by atoms with Gasteiger partial charge in [0, 0.05) is 30.3 Å². The number of hydrogen-bond donors (Lipinski definition) is 1. The molecular weight excluding hydrogens is 445 g/mol. The number of carbonyl (C=O) groups is 1. The molecule has 8 heteroatoms. The molecule has 2 saturated heterocycles. The molecule has 5 rings (SSSR count). The van der Waals surface area contributed by atoms with Crippen LogP contribution in [-0.4, -0.2) is 47.1 Å². The summed E-state index contributed by atoms with van der Waals surface area (Å²) in [6, 6.07) is 14.6. The number of rotatable bonds is 7. The van der Waals surface area contributed by atoms with Crippen LogP contribution in [0, 0.1) is 11.7 Å². The minimum absolute atomic E-state index is 0.00929. The second-order valence-electron chi connectivity index (χ2n) is 9.59. The fourth-order valence-corrected chi connectivity index (χ4v) is 4.94. The summed E-state index contributed by atoms with van der Waals surface area (Å²) in [5.41, 5.74) is 3.12. The number of likely N-dealkylation sites (tertiary alicyclic amines) is 1. The molecule has 2 fully saturated rings. The molecular formula is C27H32FN5O2. The normalized spacial score (nSPS) is 18.1. The molecule has 1 amide bonds. The Morgan fingerprint density at radius 3 is 2.43 bits per heavy atom. The number of carbonyl (C=O) groups excluding carboxylic acids is 1. The molecule has 0 aliphatic carbocycles. The zero-order valence-corrected chi connectivity index (χ0v) is 20.1. The van der Waals surface area contributed by atoms with Crippen molar-refractivity contribution >= 4 is 11.6 Å². The molecule has 7 nitrogen and oxygen atoms in total. The lowest BCUT2D eigenvalue weighted by Gasteiger charge is -2.31. The molecule has 35 heavy (non-hydrogen) atoms. The van der Waals surface area contributed by atoms with Crippen molar-refractivity contribution in [1.29, 1.82) is 0 Å². The lowest BCUT2D eigenvalue weighted by molar-refractivity contribution is -0.127. The van der Waals surface area contributed by atoms with Gasteiger partial charge in [-0.25, -0.2) is 4.39 Å². The van der Waals surface area contributed by atoms with Gasteiger partial charge in [-0.05, 0) is 87.7 Å². The van der Waals surface area contributed by atoms with E-state index in [1.807, 2.05) is 6.92 Å². The molecule has 3 aromatic rings. The molecule has 0 saturated carbocycles. The minimum atomic E-state index is -0.297. The first-order valence-electron chi connectivity index (χ1n) is 12.5. The van der Waals surface area contributed by atoms with Crippen LogP contribution in [0.2, 0.25) is 0 Å². The molecule has 1 aromatic heterocycles. The van der Waals surface area contributed by atoms with Crippen LogP contribution in [0.25, 0.3) is 11.4 Å². The van der Waals surface area contributed by atoms with E-state index in [-0.39, 0.29) is 23.7 Å². The molecule has 2 aliphatic rings. The highest BCUT2D eigenvalue weighted by Crippen LogP contribution is 2.25. The standard InChI is InChI=1S/C27H32FN5O2/c1-19(20-6-10-24(11-7-20)33-14-2-3-15-33)29-27(34)22-12-16-32(17-13-22)18-25-30-26(31-35-25)21-4-8-23(28)9-5-21/h4-11,19,22H,2-3,12-18H2,1H3,(H,29,34). The van der Waals surface area contributed by atoms with Gasteiger partial charge in [0.25, 0.3) is 0 Å². The third kappa shape index (κ3) is 5.70. The van der Waals surface area contributed by atoms with Gasteiger partial charge in [-0.2, -0.15) is 4.98 Å². The maximum atomic E-state index is 13.1. The Bertz CT molecular complexity index is 1120. The number of amides is 1. The van der Waals surface area contributed by atoms with Gasteiger partial charge >= 0.3 is 0 Å². The Balaban J connectivity index is 1.09. The summed E-state index contributed by atoms with van der Waals surface area (Å²) < 4.78 is 18.5. The quantitative estimate of drug-likeness (QED) is 0.538. The zero-order chi connectivity index (χ0) is 24.2. The summed E-state index contributed by atoms with van der Waals surface area (Å²) >= 11 is 0. The van der Waals surface area contributed by atoms with E-state index in [2.05, 4.69) is 49.5 Å². The number of piperidine rings is 1. The van der Waals surface area contributed by atoms with Crippen molar-refractivity contribution in [3.8, 4) is 11.4 Å². The SMILES string of the molecule is CC(NC(=O)C1CCN(Cc2nc(-c3ccc(F)cc3)no2)CC1)c1ccc(N2CCCC2)cc1. The fraction of sp³-hybridized carbons (Fsp3) is 0.444. The lowest BCUT2D eigenvalue weighted by atomic mass is 9.95. The molecule has 3 heterocycles. The Morgan fingerprint density at radius 1 is 1.06 bits per heavy atom. The first-order valence-corrected chi connectivity index (χ1v) is 12.5. The van der Waals surface area contributed by atoms with Crippen LogP contribution >= 0.6 is 0 Å². The summed E-state index contributed by atoms with van der Waals surface area (Å²) in [6.07, 6.45) is 4.12. The van der Waals surface area contributed by atoms with Crippen LogP contribution < -0.4 is 10.2 Å². The topological polar surface area (TPSA) is 74.5 Å². The van der Waals surface area contributed by atoms with Crippen LogP contribution in [0.15, 0.2) is 53.1 Å². The fourth-order valence-electron chi connectivity index (χ4n) is 4.94. The molecule has 2 aliphatic heterocycles. The van der Waals surface area contributed by atoms with E-state index in [9.17, 15) is 9.18 Å². The maximum Gasteiger partial charge on any atom is 0.241 e. The lowest BCUT2D eigenvalue weighted by Crippen LogP contribution is -2.40. The number of hydrogen-bond acceptors (Lipinski definition) is 6. The van der Waals surface area contributed by atoms with Crippen molar-refractivity contribution in [3.05, 3.63) is 65.8 Å². The van der Waals surface area contributed by atoms with Gasteiger partial charge in [-0.1, -0.05) is 17.3 Å². The van der Waals surface area contributed by atoms with Crippen molar-refractivity contribution < 1.29 is 13.7 Å². The predicted octanol–water partition coefficient (Wildman–Crippen LogP) is 4.57. The second-order valence-corrected chi connectivity index (χ2v) is 9.59. The van der Waals surface area contributed by atoms with E-state index in [0.29, 0.717) is 18.3 Å². The van der Waals surface area contributed by atoms with E-state index >= 15 is 0 Å². The average Bonchev–Trinajstić information content (AvgIpc) is 3.58. The van der Waals surface area contributed by atoms with Gasteiger partial charge in [-0.15, -0.1) is 0 Å². The van der Waals surface area contributed by atoms with Crippen LogP contribution in [0.3, 0.4) is 0 Å². The smallest absolute Gasteiger partial charge is 0.241 e. The molecule has 2 aromatic carbocycles. The monoisotopic (exact) mass is 477 g/mol. The highest BCUT2D eigenvalue weighted by Gasteiger charge is 2.27. The Morgan fingerprint density at radius 2 is 1.74 bits per heavy atom. The van der Waals surface area contributed by atoms with Gasteiger partial charge < -0.3 is 14.7 Å². The van der Waals surface area contributed by atoms with Crippen molar-refractivity contribution in [3.63, 3.8) is 0 Å². The Labute approximate surface area is 205 Å². The molecule has 0 radical (unpaired) electrons. The van der Waals surface area contributed by atoms with Crippen molar-refractivity contribution in [1.82, 2.24) is 20.4 Å². The number of halogens is 1. The summed E-state index contributed by atoms with van der Waals surface area (Å²) in [6.45, 7) is 6.45. The second kappa shape index (κ2) is 10.6. The molecule has 0 spiro atoms. The molecule has 1 N–H and O–H groups in total. The van der Waals surface area contributed by atoms with Crippen LogP contribution in [0.5, 0.6) is 0 Å². The molecule has 184 valence electrons. The summed E-state index contributed by atoms with van der Waals surface area (Å²) in [5.74, 6) is 0.816. The van der Waals surface area contributed by atoms with E-state index in [0.717, 1.165) is 50.1 Å². The van der Waals surface area contributed by atoms with Gasteiger partial charge in [0.05, 0.1) is 12.6 Å². The number of nitrogens with zero attached hydrogens (tertiary/aromatic N) is 4. The molecule has 1 unspecified atom stereocenters. The highest BCUT2D eigenvalue weighted by molar-refractivity contribution is 5.79. The van der Waals surface area contributed by atoms with Gasteiger partial charge in [0.1, 0.15) is 5.82 Å². The van der Waals surface area contributed by atoms with Crippen molar-refractivity contribution in [2.45, 2.75) is 45.2 Å². The van der Waals surface area contributed by atoms with Crippen LogP contribution in [0.4, 0.5) is 10.1 Å². The van der Waals surface area contributed by atoms with E-state index < -0.39 is 0 Å². The summed E-state index contributed by atoms with van der Waals surface area (Å²) in [7, 11) is 0. The number of benzene rings is 2. The first kappa shape index (κ1) is 23.5. The summed E-state index contributed by atoms with van der Waals surface area (Å²) in [4.78, 5) is 22.0. The highest BCUT2D eigenvalue weighted by atomic mass is 19.1. The first-order chi connectivity index (χ1) is 17.0. The van der Waals surface area contributed by atoms with Gasteiger partial charge in [0.15, 0.2) is 0 Å². The van der Waals surface area contributed by atoms with Crippen LogP contribution in [-0.2, 0) is 11.3 Å². The Hall–Kier alpha value is -3.26. The predicted molar refractivity (Wildman–Crippen MR) is 132 cm³/mol. The molecule has 0 bridgehead atoms.